The Labute approximate surface area is 216 Å². The van der Waals surface area contributed by atoms with Crippen molar-refractivity contribution < 1.29 is 14.7 Å². The lowest BCUT2D eigenvalue weighted by Gasteiger charge is -2.51. The molecule has 1 aliphatic heterocycles. The van der Waals surface area contributed by atoms with Crippen LogP contribution in [-0.4, -0.2) is 94.7 Å². The van der Waals surface area contributed by atoms with Gasteiger partial charge in [0.05, 0.1) is 11.1 Å². The molecular formula is C28H45N5O3. The van der Waals surface area contributed by atoms with Crippen LogP contribution in [0.2, 0.25) is 0 Å². The molecular weight excluding hydrogens is 454 g/mol. The number of carbonyl (C=O) groups excluding carboxylic acids is 2. The fourth-order valence-electron chi connectivity index (χ4n) is 6.30. The fourth-order valence-corrected chi connectivity index (χ4v) is 6.30. The molecule has 4 rings (SSSR count). The monoisotopic (exact) mass is 499 g/mol. The van der Waals surface area contributed by atoms with Crippen molar-refractivity contribution in [3.8, 4) is 0 Å². The second kappa shape index (κ2) is 9.95. The number of aliphatic hydroxyl groups excluding tert-OH is 1. The van der Waals surface area contributed by atoms with E-state index in [1.54, 1.807) is 25.8 Å². The van der Waals surface area contributed by atoms with Gasteiger partial charge in [-0.3, -0.25) is 9.69 Å². The van der Waals surface area contributed by atoms with Crippen LogP contribution in [0.5, 0.6) is 0 Å². The van der Waals surface area contributed by atoms with Crippen LogP contribution in [0.4, 0.5) is 4.79 Å². The van der Waals surface area contributed by atoms with Gasteiger partial charge >= 0.3 is 6.03 Å². The molecule has 1 spiro atoms. The molecule has 0 radical (unpaired) electrons. The molecule has 0 aromatic heterocycles. The lowest BCUT2D eigenvalue weighted by molar-refractivity contribution is -0.139. The molecule has 1 saturated heterocycles. The quantitative estimate of drug-likeness (QED) is 0.537. The van der Waals surface area contributed by atoms with E-state index < -0.39 is 11.8 Å². The number of likely N-dealkylation sites (N-methyl/N-ethyl adjacent to an activating group) is 1. The highest BCUT2D eigenvalue weighted by molar-refractivity contribution is 5.86. The van der Waals surface area contributed by atoms with Gasteiger partial charge in [-0.1, -0.05) is 36.8 Å². The number of hydrogen-bond donors (Lipinski definition) is 2. The predicted octanol–water partition coefficient (Wildman–Crippen LogP) is 2.81. The van der Waals surface area contributed by atoms with Crippen LogP contribution in [-0.2, 0) is 10.3 Å². The molecule has 3 amide bonds. The number of rotatable bonds is 8. The third-order valence-corrected chi connectivity index (χ3v) is 9.69. The molecule has 1 aromatic carbocycles. The first-order valence-corrected chi connectivity index (χ1v) is 13.4. The Morgan fingerprint density at radius 2 is 1.75 bits per heavy atom. The zero-order valence-electron chi connectivity index (χ0n) is 22.7. The third-order valence-electron chi connectivity index (χ3n) is 9.69. The van der Waals surface area contributed by atoms with Gasteiger partial charge in [0.2, 0.25) is 5.91 Å². The molecule has 2 saturated carbocycles. The summed E-state index contributed by atoms with van der Waals surface area (Å²) in [4.78, 5) is 34.6. The molecule has 3 N–H and O–H groups in total. The number of carbonyl (C=O) groups is 2. The first-order chi connectivity index (χ1) is 16.9. The minimum Gasteiger partial charge on any atom is -0.376 e. The summed E-state index contributed by atoms with van der Waals surface area (Å²) in [6.45, 7) is 4.83. The van der Waals surface area contributed by atoms with Crippen molar-refractivity contribution >= 4 is 11.9 Å². The van der Waals surface area contributed by atoms with Crippen LogP contribution in [0.25, 0.3) is 0 Å². The smallest absolute Gasteiger partial charge is 0.321 e. The Morgan fingerprint density at radius 1 is 1.14 bits per heavy atom. The van der Waals surface area contributed by atoms with Crippen LogP contribution in [0, 0.1) is 5.92 Å². The zero-order valence-corrected chi connectivity index (χ0v) is 22.7. The van der Waals surface area contributed by atoms with Crippen LogP contribution >= 0.6 is 0 Å². The van der Waals surface area contributed by atoms with Gasteiger partial charge < -0.3 is 25.5 Å². The second-order valence-electron chi connectivity index (χ2n) is 12.1. The molecule has 200 valence electrons. The molecule has 1 aromatic rings. The highest BCUT2D eigenvalue weighted by Gasteiger charge is 2.55. The van der Waals surface area contributed by atoms with Crippen molar-refractivity contribution in [2.24, 2.45) is 11.7 Å². The van der Waals surface area contributed by atoms with Crippen LogP contribution in [0.1, 0.15) is 64.4 Å². The zero-order chi connectivity index (χ0) is 26.3. The maximum Gasteiger partial charge on any atom is 0.321 e. The van der Waals surface area contributed by atoms with Gasteiger partial charge in [-0.25, -0.2) is 4.79 Å². The fraction of sp³-hybridized carbons (Fsp3) is 0.714. The van der Waals surface area contributed by atoms with Gasteiger partial charge in [0, 0.05) is 25.7 Å². The lowest BCUT2D eigenvalue weighted by atomic mass is 9.68. The molecule has 2 aliphatic carbocycles. The summed E-state index contributed by atoms with van der Waals surface area (Å²) in [5, 5.41) is 9.96. The number of aliphatic hydroxyl groups is 1. The van der Waals surface area contributed by atoms with Crippen LogP contribution < -0.4 is 5.73 Å². The molecule has 8 nitrogen and oxygen atoms in total. The molecule has 3 fully saturated rings. The summed E-state index contributed by atoms with van der Waals surface area (Å²) >= 11 is 0. The van der Waals surface area contributed by atoms with Gasteiger partial charge in [-0.2, -0.15) is 0 Å². The maximum atomic E-state index is 13.8. The Balaban J connectivity index is 1.55. The first kappa shape index (κ1) is 26.9. The van der Waals surface area contributed by atoms with E-state index in [-0.39, 0.29) is 29.6 Å². The second-order valence-corrected chi connectivity index (χ2v) is 12.1. The molecule has 36 heavy (non-hydrogen) atoms. The highest BCUT2D eigenvalue weighted by Crippen LogP contribution is 2.49. The first-order valence-electron chi connectivity index (χ1n) is 13.4. The Hall–Kier alpha value is -2.16. The standard InChI is InChI=1S/C28H45N5O3/c1-26(2,24(29)35)31(5)23(34)19-32-20-27(33(25(32)36)18-21-10-9-11-21)14-16-28(17-15-27,30(3)4)22-12-7-6-8-13-22/h6-8,12-13,21,24,35H,9-11,14-20,29H2,1-5H3/t24?,27-,28+. The average Bonchev–Trinajstić information content (AvgIpc) is 3.06. The molecule has 1 unspecified atom stereocenters. The van der Waals surface area contributed by atoms with Crippen molar-refractivity contribution in [2.75, 3.05) is 40.8 Å². The van der Waals surface area contributed by atoms with E-state index in [0.29, 0.717) is 12.5 Å². The summed E-state index contributed by atoms with van der Waals surface area (Å²) in [5.41, 5.74) is 5.83. The van der Waals surface area contributed by atoms with E-state index >= 15 is 0 Å². The Kier molecular flexibility index (Phi) is 7.43. The van der Waals surface area contributed by atoms with Gasteiger partial charge in [-0.05, 0) is 77.9 Å². The normalized spacial score (nSPS) is 28.1. The Morgan fingerprint density at radius 3 is 2.25 bits per heavy atom. The summed E-state index contributed by atoms with van der Waals surface area (Å²) < 4.78 is 0. The van der Waals surface area contributed by atoms with Crippen LogP contribution in [0.3, 0.4) is 0 Å². The number of benzene rings is 1. The summed E-state index contributed by atoms with van der Waals surface area (Å²) in [6, 6.07) is 10.7. The Bertz CT molecular complexity index is 936. The molecule has 3 aliphatic rings. The number of hydrogen-bond acceptors (Lipinski definition) is 5. The molecule has 0 bridgehead atoms. The maximum absolute atomic E-state index is 13.8. The predicted molar refractivity (Wildman–Crippen MR) is 141 cm³/mol. The van der Waals surface area contributed by atoms with Gasteiger partial charge in [-0.15, -0.1) is 0 Å². The van der Waals surface area contributed by atoms with Gasteiger partial charge in [0.25, 0.3) is 0 Å². The minimum absolute atomic E-state index is 0.00586. The topological polar surface area (TPSA) is 93.4 Å². The number of amides is 3. The van der Waals surface area contributed by atoms with Crippen molar-refractivity contribution in [3.05, 3.63) is 35.9 Å². The van der Waals surface area contributed by atoms with E-state index in [1.807, 2.05) is 0 Å². The van der Waals surface area contributed by atoms with E-state index in [0.717, 1.165) is 32.2 Å². The van der Waals surface area contributed by atoms with Crippen molar-refractivity contribution in [1.82, 2.24) is 19.6 Å². The van der Waals surface area contributed by atoms with Gasteiger partial charge in [0.1, 0.15) is 12.8 Å². The van der Waals surface area contributed by atoms with Crippen LogP contribution in [0.15, 0.2) is 30.3 Å². The highest BCUT2D eigenvalue weighted by atomic mass is 16.3. The molecule has 8 heteroatoms. The largest absolute Gasteiger partial charge is 0.376 e. The lowest BCUT2D eigenvalue weighted by Crippen LogP contribution is -2.58. The summed E-state index contributed by atoms with van der Waals surface area (Å²) in [6.07, 6.45) is 6.17. The van der Waals surface area contributed by atoms with Gasteiger partial charge in [0.15, 0.2) is 0 Å². The van der Waals surface area contributed by atoms with Crippen molar-refractivity contribution in [1.29, 1.82) is 0 Å². The number of urea groups is 1. The van der Waals surface area contributed by atoms with E-state index in [2.05, 4.69) is 54.2 Å². The SMILES string of the molecule is CN(C(=O)CN1C[C@]2(CC[C@](c3ccccc3)(N(C)C)CC2)N(CC2CCC2)C1=O)C(C)(C)C(N)O. The summed E-state index contributed by atoms with van der Waals surface area (Å²) in [7, 11) is 5.96. The summed E-state index contributed by atoms with van der Waals surface area (Å²) in [5.74, 6) is 0.353. The van der Waals surface area contributed by atoms with Crippen molar-refractivity contribution in [2.45, 2.75) is 81.6 Å². The number of nitrogens with zero attached hydrogens (tertiary/aromatic N) is 4. The van der Waals surface area contributed by atoms with Crippen molar-refractivity contribution in [3.63, 3.8) is 0 Å². The molecule has 1 heterocycles. The minimum atomic E-state index is -1.17. The van der Waals surface area contributed by atoms with E-state index in [9.17, 15) is 14.7 Å². The number of nitrogens with two attached hydrogens (primary N) is 1. The third kappa shape index (κ3) is 4.63. The molecule has 1 atom stereocenters. The van der Waals surface area contributed by atoms with E-state index in [1.165, 1.54) is 29.7 Å². The van der Waals surface area contributed by atoms with E-state index in [4.69, 9.17) is 5.73 Å². The average molecular weight is 500 g/mol.